The van der Waals surface area contributed by atoms with Crippen molar-refractivity contribution in [3.8, 4) is 0 Å². The topological polar surface area (TPSA) is 74.6 Å². The minimum atomic E-state index is -0.0151. The van der Waals surface area contributed by atoms with E-state index in [1.807, 2.05) is 17.0 Å². The molecule has 6 heteroatoms. The van der Waals surface area contributed by atoms with Gasteiger partial charge < -0.3 is 20.0 Å². The van der Waals surface area contributed by atoms with E-state index in [9.17, 15) is 9.59 Å². The van der Waals surface area contributed by atoms with Gasteiger partial charge in [-0.15, -0.1) is 0 Å². The van der Waals surface area contributed by atoms with Crippen molar-refractivity contribution in [2.75, 3.05) is 13.1 Å². The van der Waals surface area contributed by atoms with E-state index < -0.39 is 0 Å². The first-order valence-corrected chi connectivity index (χ1v) is 9.08. The zero-order valence-corrected chi connectivity index (χ0v) is 14.1. The van der Waals surface area contributed by atoms with Crippen LogP contribution >= 0.6 is 0 Å². The molecule has 1 aromatic rings. The van der Waals surface area contributed by atoms with Crippen LogP contribution < -0.4 is 10.6 Å². The average Bonchev–Trinajstić information content (AvgIpc) is 3.14. The molecule has 2 N–H and O–H groups in total. The van der Waals surface area contributed by atoms with E-state index in [1.54, 1.807) is 6.26 Å². The molecule has 2 aliphatic rings. The van der Waals surface area contributed by atoms with E-state index in [-0.39, 0.29) is 17.9 Å². The Kier molecular flexibility index (Phi) is 5.77. The molecule has 0 atom stereocenters. The number of likely N-dealkylation sites (tertiary alicyclic amines) is 1. The first-order chi connectivity index (χ1) is 11.7. The van der Waals surface area contributed by atoms with Crippen molar-refractivity contribution in [3.05, 3.63) is 24.2 Å². The normalized spacial score (nSPS) is 19.9. The molecule has 3 amide bonds. The maximum absolute atomic E-state index is 12.3. The fourth-order valence-corrected chi connectivity index (χ4v) is 3.59. The average molecular weight is 333 g/mol. The van der Waals surface area contributed by atoms with E-state index in [2.05, 4.69) is 10.6 Å². The molecule has 1 aliphatic heterocycles. The van der Waals surface area contributed by atoms with E-state index >= 15 is 0 Å². The third-order valence-corrected chi connectivity index (χ3v) is 5.10. The zero-order valence-electron chi connectivity index (χ0n) is 14.1. The lowest BCUT2D eigenvalue weighted by molar-refractivity contribution is -0.126. The largest absolute Gasteiger partial charge is 0.467 e. The highest BCUT2D eigenvalue weighted by atomic mass is 16.3. The van der Waals surface area contributed by atoms with Crippen molar-refractivity contribution in [1.29, 1.82) is 0 Å². The van der Waals surface area contributed by atoms with Crippen molar-refractivity contribution in [2.45, 2.75) is 57.5 Å². The highest BCUT2D eigenvalue weighted by Crippen LogP contribution is 2.20. The first-order valence-electron chi connectivity index (χ1n) is 9.08. The van der Waals surface area contributed by atoms with Gasteiger partial charge in [0.1, 0.15) is 5.76 Å². The highest BCUT2D eigenvalue weighted by Gasteiger charge is 2.28. The minimum absolute atomic E-state index is 0.0151. The van der Waals surface area contributed by atoms with E-state index in [4.69, 9.17) is 4.42 Å². The fraction of sp³-hybridized carbons (Fsp3) is 0.667. The number of carbonyl (C=O) groups excluding carboxylic acids is 2. The summed E-state index contributed by atoms with van der Waals surface area (Å²) in [5.74, 6) is 0.796. The number of amides is 3. The Labute approximate surface area is 143 Å². The van der Waals surface area contributed by atoms with Crippen LogP contribution in [0.25, 0.3) is 0 Å². The number of hydrogen-bond donors (Lipinski definition) is 2. The van der Waals surface area contributed by atoms with E-state index in [0.29, 0.717) is 25.7 Å². The lowest BCUT2D eigenvalue weighted by Gasteiger charge is -2.33. The zero-order chi connectivity index (χ0) is 16.8. The number of nitrogens with zero attached hydrogens (tertiary/aromatic N) is 1. The summed E-state index contributed by atoms with van der Waals surface area (Å²) in [6.07, 6.45) is 8.94. The Bertz CT molecular complexity index is 530. The molecule has 1 aliphatic carbocycles. The van der Waals surface area contributed by atoms with Crippen molar-refractivity contribution < 1.29 is 14.0 Å². The number of furan rings is 1. The first kappa shape index (κ1) is 16.9. The molecule has 1 aromatic heterocycles. The molecule has 1 saturated heterocycles. The van der Waals surface area contributed by atoms with Gasteiger partial charge >= 0.3 is 6.03 Å². The van der Waals surface area contributed by atoms with Crippen LogP contribution in [0, 0.1) is 5.92 Å². The maximum atomic E-state index is 12.3. The Balaban J connectivity index is 1.38. The standard InChI is InChI=1S/C18H27N3O3/c22-17(19-13-16-7-4-12-24-16)14-8-10-21(11-9-14)18(23)20-15-5-2-1-3-6-15/h4,7,12,14-15H,1-3,5-6,8-11,13H2,(H,19,22)(H,20,23). The van der Waals surface area contributed by atoms with E-state index in [0.717, 1.165) is 31.4 Å². The van der Waals surface area contributed by atoms with Gasteiger partial charge in [0.15, 0.2) is 0 Å². The van der Waals surface area contributed by atoms with Gasteiger partial charge in [-0.25, -0.2) is 4.79 Å². The van der Waals surface area contributed by atoms with Crippen molar-refractivity contribution in [3.63, 3.8) is 0 Å². The molecule has 1 saturated carbocycles. The number of urea groups is 1. The Morgan fingerprint density at radius 2 is 1.88 bits per heavy atom. The molecular formula is C18H27N3O3. The third kappa shape index (κ3) is 4.52. The number of nitrogens with one attached hydrogen (secondary N) is 2. The van der Waals surface area contributed by atoms with Crippen LogP contribution in [0.4, 0.5) is 4.79 Å². The van der Waals surface area contributed by atoms with Gasteiger partial charge in [-0.05, 0) is 37.8 Å². The molecule has 0 bridgehead atoms. The number of rotatable bonds is 4. The molecule has 0 spiro atoms. The van der Waals surface area contributed by atoms with Gasteiger partial charge in [0.2, 0.25) is 5.91 Å². The molecule has 0 radical (unpaired) electrons. The van der Waals surface area contributed by atoms with Gasteiger partial charge in [0, 0.05) is 25.0 Å². The van der Waals surface area contributed by atoms with Gasteiger partial charge in [-0.1, -0.05) is 19.3 Å². The summed E-state index contributed by atoms with van der Waals surface area (Å²) in [4.78, 5) is 26.4. The molecule has 24 heavy (non-hydrogen) atoms. The van der Waals surface area contributed by atoms with Crippen LogP contribution in [0.5, 0.6) is 0 Å². The predicted molar refractivity (Wildman–Crippen MR) is 90.3 cm³/mol. The molecule has 2 fully saturated rings. The van der Waals surface area contributed by atoms with Crippen LogP contribution in [-0.2, 0) is 11.3 Å². The second-order valence-electron chi connectivity index (χ2n) is 6.84. The molecule has 3 rings (SSSR count). The second-order valence-corrected chi connectivity index (χ2v) is 6.84. The highest BCUT2D eigenvalue weighted by molar-refractivity contribution is 5.79. The Morgan fingerprint density at radius 3 is 2.54 bits per heavy atom. The second kappa shape index (κ2) is 8.22. The smallest absolute Gasteiger partial charge is 0.317 e. The molecule has 132 valence electrons. The molecular weight excluding hydrogens is 306 g/mol. The third-order valence-electron chi connectivity index (χ3n) is 5.10. The minimum Gasteiger partial charge on any atom is -0.467 e. The summed E-state index contributed by atoms with van der Waals surface area (Å²) in [5.41, 5.74) is 0. The maximum Gasteiger partial charge on any atom is 0.317 e. The van der Waals surface area contributed by atoms with Crippen molar-refractivity contribution >= 4 is 11.9 Å². The SMILES string of the molecule is O=C(NCc1ccco1)C1CCN(C(=O)NC2CCCCC2)CC1. The Morgan fingerprint density at radius 1 is 1.12 bits per heavy atom. The van der Waals surface area contributed by atoms with E-state index in [1.165, 1.54) is 19.3 Å². The Hall–Kier alpha value is -1.98. The van der Waals surface area contributed by atoms with Crippen molar-refractivity contribution in [2.24, 2.45) is 5.92 Å². The van der Waals surface area contributed by atoms with Gasteiger partial charge in [0.25, 0.3) is 0 Å². The van der Waals surface area contributed by atoms with Crippen molar-refractivity contribution in [1.82, 2.24) is 15.5 Å². The van der Waals surface area contributed by atoms with Gasteiger partial charge in [0.05, 0.1) is 12.8 Å². The molecule has 6 nitrogen and oxygen atoms in total. The summed E-state index contributed by atoms with van der Waals surface area (Å²) in [6.45, 7) is 1.73. The van der Waals surface area contributed by atoms with Crippen LogP contribution in [0.3, 0.4) is 0 Å². The summed E-state index contributed by atoms with van der Waals surface area (Å²) in [6, 6.07) is 4.03. The number of hydrogen-bond acceptors (Lipinski definition) is 3. The lowest BCUT2D eigenvalue weighted by atomic mass is 9.95. The van der Waals surface area contributed by atoms with Crippen LogP contribution in [0.1, 0.15) is 50.7 Å². The van der Waals surface area contributed by atoms with Crippen LogP contribution in [0.15, 0.2) is 22.8 Å². The van der Waals surface area contributed by atoms with Gasteiger partial charge in [-0.2, -0.15) is 0 Å². The fourth-order valence-electron chi connectivity index (χ4n) is 3.59. The quantitative estimate of drug-likeness (QED) is 0.889. The molecule has 0 unspecified atom stereocenters. The summed E-state index contributed by atoms with van der Waals surface area (Å²) in [7, 11) is 0. The summed E-state index contributed by atoms with van der Waals surface area (Å²) < 4.78 is 5.22. The summed E-state index contributed by atoms with van der Waals surface area (Å²) in [5, 5.41) is 6.06. The monoisotopic (exact) mass is 333 g/mol. The number of carbonyl (C=O) groups is 2. The van der Waals surface area contributed by atoms with Crippen LogP contribution in [-0.4, -0.2) is 36.0 Å². The summed E-state index contributed by atoms with van der Waals surface area (Å²) >= 11 is 0. The van der Waals surface area contributed by atoms with Crippen LogP contribution in [0.2, 0.25) is 0 Å². The molecule has 0 aromatic carbocycles. The number of piperidine rings is 1. The lowest BCUT2D eigenvalue weighted by Crippen LogP contribution is -2.49. The van der Waals surface area contributed by atoms with Gasteiger partial charge in [-0.3, -0.25) is 4.79 Å². The molecule has 2 heterocycles. The predicted octanol–water partition coefficient (Wildman–Crippen LogP) is 2.65.